The van der Waals surface area contributed by atoms with Crippen molar-refractivity contribution in [2.45, 2.75) is 80.9 Å². The number of hydrazine groups is 1. The number of sulfonamides is 1. The van der Waals surface area contributed by atoms with Gasteiger partial charge in [-0.05, 0) is 38.5 Å². The molecule has 4 fully saturated rings. The first-order valence-electron chi connectivity index (χ1n) is 10.9. The van der Waals surface area contributed by atoms with Gasteiger partial charge in [-0.3, -0.25) is 10.7 Å². The lowest BCUT2D eigenvalue weighted by molar-refractivity contribution is -0.249. The van der Waals surface area contributed by atoms with Crippen molar-refractivity contribution in [3.63, 3.8) is 0 Å². The molecule has 30 heavy (non-hydrogen) atoms. The van der Waals surface area contributed by atoms with E-state index in [0.29, 0.717) is 23.7 Å². The molecule has 3 saturated heterocycles. The Bertz CT molecular complexity index is 713. The van der Waals surface area contributed by atoms with Crippen molar-refractivity contribution in [1.82, 2.24) is 30.7 Å². The molecule has 0 amide bonds. The van der Waals surface area contributed by atoms with Gasteiger partial charge in [0.05, 0.1) is 11.4 Å². The Morgan fingerprint density at radius 2 is 1.83 bits per heavy atom. The van der Waals surface area contributed by atoms with Crippen LogP contribution in [0, 0.1) is 5.92 Å². The topological polar surface area (TPSA) is 88.7 Å². The highest BCUT2D eigenvalue weighted by Gasteiger charge is 2.48. The van der Waals surface area contributed by atoms with E-state index in [4.69, 9.17) is 0 Å². The molecule has 4 aliphatic rings. The predicted molar refractivity (Wildman–Crippen MR) is 107 cm³/mol. The Morgan fingerprint density at radius 3 is 2.47 bits per heavy atom. The minimum atomic E-state index is -4.37. The van der Waals surface area contributed by atoms with E-state index in [1.54, 1.807) is 0 Å². The lowest BCUT2D eigenvalue weighted by Gasteiger charge is -2.38. The quantitative estimate of drug-likeness (QED) is 0.450. The molecule has 174 valence electrons. The first-order valence-corrected chi connectivity index (χ1v) is 12.4. The summed E-state index contributed by atoms with van der Waals surface area (Å²) in [5.41, 5.74) is 3.31. The average Bonchev–Trinajstić information content (AvgIpc) is 3.25. The van der Waals surface area contributed by atoms with E-state index in [0.717, 1.165) is 25.8 Å². The van der Waals surface area contributed by atoms with Crippen molar-refractivity contribution in [3.05, 3.63) is 0 Å². The molecule has 4 N–H and O–H groups in total. The molecule has 12 heteroatoms. The third kappa shape index (κ3) is 4.50. The third-order valence-corrected chi connectivity index (χ3v) is 9.24. The summed E-state index contributed by atoms with van der Waals surface area (Å²) in [4.78, 5) is 0.495. The highest BCUT2D eigenvalue weighted by molar-refractivity contribution is 7.90. The van der Waals surface area contributed by atoms with Crippen LogP contribution in [0.1, 0.15) is 39.0 Å². The zero-order chi connectivity index (χ0) is 21.7. The maximum Gasteiger partial charge on any atom is 0.461 e. The van der Waals surface area contributed by atoms with Gasteiger partial charge >= 0.3 is 6.30 Å². The molecule has 1 aliphatic carbocycles. The number of likely N-dealkylation sites (N-methyl/N-ethyl adjacent to an activating group) is 1. The summed E-state index contributed by atoms with van der Waals surface area (Å²) in [6.07, 6.45) is -1.24. The van der Waals surface area contributed by atoms with Gasteiger partial charge in [-0.1, -0.05) is 6.42 Å². The van der Waals surface area contributed by atoms with Crippen LogP contribution in [0.4, 0.5) is 13.2 Å². The molecule has 0 spiro atoms. The molecule has 0 bridgehead atoms. The Balaban J connectivity index is 1.32. The largest absolute Gasteiger partial charge is 0.461 e. The molecular formula is C18H33F3N6O2S. The molecule has 1 saturated carbocycles. The van der Waals surface area contributed by atoms with E-state index in [2.05, 4.69) is 20.8 Å². The molecule has 4 rings (SSSR count). The summed E-state index contributed by atoms with van der Waals surface area (Å²) in [6.45, 7) is 2.52. The van der Waals surface area contributed by atoms with Crippen LogP contribution in [0.15, 0.2) is 0 Å². The Morgan fingerprint density at radius 1 is 1.07 bits per heavy atom. The van der Waals surface area contributed by atoms with E-state index in [1.165, 1.54) is 6.92 Å². The fraction of sp³-hybridized carbons (Fsp3) is 1.00. The SMILES string of the molecule is CC1NC(C2CCC(S(=O)(=O)NC3CCCC4CNN(C)C43)CN2)CN1C(F)(F)F. The third-order valence-electron chi connectivity index (χ3n) is 7.32. The zero-order valence-electron chi connectivity index (χ0n) is 17.5. The van der Waals surface area contributed by atoms with E-state index < -0.39 is 27.7 Å². The molecule has 7 atom stereocenters. The minimum Gasteiger partial charge on any atom is -0.311 e. The fourth-order valence-corrected chi connectivity index (χ4v) is 7.36. The summed E-state index contributed by atoms with van der Waals surface area (Å²) in [7, 11) is -1.55. The van der Waals surface area contributed by atoms with Gasteiger partial charge in [0.2, 0.25) is 10.0 Å². The van der Waals surface area contributed by atoms with Gasteiger partial charge in [0.1, 0.15) is 0 Å². The number of fused-ring (bicyclic) bond motifs is 1. The summed E-state index contributed by atoms with van der Waals surface area (Å²) in [5, 5.41) is 7.67. The van der Waals surface area contributed by atoms with Gasteiger partial charge in [0.25, 0.3) is 0 Å². The lowest BCUT2D eigenvalue weighted by Crippen LogP contribution is -2.58. The van der Waals surface area contributed by atoms with Gasteiger partial charge in [-0.15, -0.1) is 0 Å². The number of alkyl halides is 3. The lowest BCUT2D eigenvalue weighted by atomic mass is 9.82. The number of piperidine rings is 1. The number of hydrogen-bond acceptors (Lipinski definition) is 7. The van der Waals surface area contributed by atoms with Crippen molar-refractivity contribution < 1.29 is 21.6 Å². The smallest absolute Gasteiger partial charge is 0.311 e. The first kappa shape index (κ1) is 22.7. The second-order valence-corrected chi connectivity index (χ2v) is 11.2. The van der Waals surface area contributed by atoms with Crippen LogP contribution in [-0.2, 0) is 10.0 Å². The molecule has 3 aliphatic heterocycles. The molecule has 0 aromatic rings. The molecule has 0 aromatic heterocycles. The zero-order valence-corrected chi connectivity index (χ0v) is 18.3. The summed E-state index contributed by atoms with van der Waals surface area (Å²) in [6, 6.07) is -0.467. The molecule has 0 aromatic carbocycles. The highest BCUT2D eigenvalue weighted by Crippen LogP contribution is 2.32. The van der Waals surface area contributed by atoms with Gasteiger partial charge in [-0.25, -0.2) is 18.1 Å². The maximum atomic E-state index is 13.1. The van der Waals surface area contributed by atoms with Gasteiger partial charge in [0, 0.05) is 50.8 Å². The maximum absolute atomic E-state index is 13.1. The molecule has 3 heterocycles. The number of rotatable bonds is 4. The van der Waals surface area contributed by atoms with Crippen molar-refractivity contribution in [3.8, 4) is 0 Å². The normalized spacial score (nSPS) is 41.8. The van der Waals surface area contributed by atoms with Crippen molar-refractivity contribution >= 4 is 10.0 Å². The predicted octanol–water partition coefficient (Wildman–Crippen LogP) is 0.153. The molecule has 7 unspecified atom stereocenters. The van der Waals surface area contributed by atoms with Crippen molar-refractivity contribution in [1.29, 1.82) is 0 Å². The second kappa shape index (κ2) is 8.45. The number of nitrogens with zero attached hydrogens (tertiary/aromatic N) is 2. The standard InChI is InChI=1S/C18H33F3N6O2S/c1-11-24-16(10-27(11)18(19,20)21)14-7-6-13(9-22-14)30(28,29)25-15-5-3-4-12-8-23-26(2)17(12)15/h11-17,22-25H,3-10H2,1-2H3. The molecule has 0 radical (unpaired) electrons. The first-order chi connectivity index (χ1) is 14.1. The van der Waals surface area contributed by atoms with E-state index in [-0.39, 0.29) is 37.3 Å². The summed E-state index contributed by atoms with van der Waals surface area (Å²) in [5.74, 6) is 0.456. The van der Waals surface area contributed by atoms with Crippen LogP contribution >= 0.6 is 0 Å². The number of hydrogen-bond donors (Lipinski definition) is 4. The molecular weight excluding hydrogens is 421 g/mol. The molecule has 8 nitrogen and oxygen atoms in total. The summed E-state index contributed by atoms with van der Waals surface area (Å²) >= 11 is 0. The van der Waals surface area contributed by atoms with Crippen molar-refractivity contribution in [2.24, 2.45) is 5.92 Å². The van der Waals surface area contributed by atoms with Crippen molar-refractivity contribution in [2.75, 3.05) is 26.7 Å². The Hall–Kier alpha value is -0.500. The van der Waals surface area contributed by atoms with E-state index in [9.17, 15) is 21.6 Å². The van der Waals surface area contributed by atoms with Gasteiger partial charge in [0.15, 0.2) is 0 Å². The Kier molecular flexibility index (Phi) is 6.39. The fourth-order valence-electron chi connectivity index (χ4n) is 5.73. The second-order valence-electron chi connectivity index (χ2n) is 9.21. The van der Waals surface area contributed by atoms with Crippen LogP contribution in [-0.4, -0.2) is 86.9 Å². The highest BCUT2D eigenvalue weighted by atomic mass is 32.2. The monoisotopic (exact) mass is 454 g/mol. The van der Waals surface area contributed by atoms with Crippen LogP contribution in [0.2, 0.25) is 0 Å². The average molecular weight is 455 g/mol. The van der Waals surface area contributed by atoms with Crippen LogP contribution < -0.4 is 20.8 Å². The van der Waals surface area contributed by atoms with Crippen LogP contribution in [0.5, 0.6) is 0 Å². The minimum absolute atomic E-state index is 0.107. The van der Waals surface area contributed by atoms with Crippen LogP contribution in [0.25, 0.3) is 0 Å². The van der Waals surface area contributed by atoms with E-state index in [1.807, 2.05) is 12.1 Å². The number of nitrogens with one attached hydrogen (secondary N) is 4. The van der Waals surface area contributed by atoms with E-state index >= 15 is 0 Å². The Labute approximate surface area is 176 Å². The van der Waals surface area contributed by atoms with Gasteiger partial charge in [-0.2, -0.15) is 18.1 Å². The number of halogens is 3. The van der Waals surface area contributed by atoms with Gasteiger partial charge < -0.3 is 5.32 Å². The van der Waals surface area contributed by atoms with Crippen LogP contribution in [0.3, 0.4) is 0 Å². The summed E-state index contributed by atoms with van der Waals surface area (Å²) < 4.78 is 68.3.